The van der Waals surface area contributed by atoms with E-state index in [-0.39, 0.29) is 23.2 Å². The molecular formula is C22H21N3O4S. The van der Waals surface area contributed by atoms with Crippen molar-refractivity contribution in [1.29, 1.82) is 0 Å². The Morgan fingerprint density at radius 3 is 2.63 bits per heavy atom. The normalized spacial score (nSPS) is 22.4. The van der Waals surface area contributed by atoms with Crippen LogP contribution in [-0.2, 0) is 9.84 Å². The maximum absolute atomic E-state index is 13.4. The van der Waals surface area contributed by atoms with E-state index >= 15 is 0 Å². The van der Waals surface area contributed by atoms with E-state index in [4.69, 9.17) is 0 Å². The molecule has 8 heteroatoms. The number of carbonyl (C=O) groups excluding carboxylic acids is 1. The van der Waals surface area contributed by atoms with Crippen LogP contribution < -0.4 is 0 Å². The summed E-state index contributed by atoms with van der Waals surface area (Å²) in [4.78, 5) is 15.1. The molecule has 0 bridgehead atoms. The van der Waals surface area contributed by atoms with E-state index in [9.17, 15) is 18.3 Å². The summed E-state index contributed by atoms with van der Waals surface area (Å²) in [5.41, 5.74) is 3.92. The molecule has 2 aliphatic heterocycles. The van der Waals surface area contributed by atoms with Crippen LogP contribution in [0.2, 0.25) is 0 Å². The van der Waals surface area contributed by atoms with Gasteiger partial charge >= 0.3 is 0 Å². The van der Waals surface area contributed by atoms with Gasteiger partial charge in [0.1, 0.15) is 17.1 Å². The van der Waals surface area contributed by atoms with Crippen molar-refractivity contribution >= 4 is 15.7 Å². The van der Waals surface area contributed by atoms with Gasteiger partial charge in [0.05, 0.1) is 17.5 Å². The number of aromatic nitrogens is 2. The topological polar surface area (TPSA) is 103 Å². The Kier molecular flexibility index (Phi) is 4.21. The summed E-state index contributed by atoms with van der Waals surface area (Å²) in [6, 6.07) is 13.9. The average Bonchev–Trinajstić information content (AvgIpc) is 3.38. The minimum Gasteiger partial charge on any atom is -0.507 e. The number of nitrogens with one attached hydrogen (secondary N) is 1. The van der Waals surface area contributed by atoms with Crippen LogP contribution in [0.1, 0.15) is 39.6 Å². The van der Waals surface area contributed by atoms with Gasteiger partial charge in [0.25, 0.3) is 5.91 Å². The number of aromatic amines is 1. The number of sulfone groups is 1. The van der Waals surface area contributed by atoms with E-state index in [0.717, 1.165) is 11.1 Å². The zero-order valence-electron chi connectivity index (χ0n) is 16.4. The predicted octanol–water partition coefficient (Wildman–Crippen LogP) is 2.82. The first-order chi connectivity index (χ1) is 14.4. The van der Waals surface area contributed by atoms with Crippen LogP contribution in [0, 0.1) is 6.92 Å². The standard InChI is InChI=1S/C22H21N3O4S/c1-13-7-8-17(26)16(11-13)19-18-20(24-23-19)22(27)25(15-9-10-30(28,29)12-15)21(18)14-5-3-2-4-6-14/h2-8,11,15,21,26H,9-10,12H2,1H3,(H,23,24). The number of carbonyl (C=O) groups is 1. The van der Waals surface area contributed by atoms with Gasteiger partial charge in [0.15, 0.2) is 9.84 Å². The van der Waals surface area contributed by atoms with Crippen molar-refractivity contribution in [2.45, 2.75) is 25.4 Å². The number of phenolic OH excluding ortho intramolecular Hbond substituents is 1. The number of rotatable bonds is 3. The third-order valence-corrected chi connectivity index (χ3v) is 7.68. The van der Waals surface area contributed by atoms with Gasteiger partial charge < -0.3 is 10.0 Å². The highest BCUT2D eigenvalue weighted by molar-refractivity contribution is 7.91. The maximum atomic E-state index is 13.4. The van der Waals surface area contributed by atoms with Gasteiger partial charge in [-0.3, -0.25) is 9.89 Å². The molecule has 1 aromatic heterocycles. The molecule has 3 aromatic rings. The predicted molar refractivity (Wildman–Crippen MR) is 112 cm³/mol. The van der Waals surface area contributed by atoms with Crippen LogP contribution >= 0.6 is 0 Å². The molecule has 2 atom stereocenters. The lowest BCUT2D eigenvalue weighted by atomic mass is 9.94. The highest BCUT2D eigenvalue weighted by atomic mass is 32.2. The van der Waals surface area contributed by atoms with Crippen LogP contribution in [0.3, 0.4) is 0 Å². The van der Waals surface area contributed by atoms with Gasteiger partial charge in [-0.25, -0.2) is 8.42 Å². The van der Waals surface area contributed by atoms with Crippen LogP contribution in [-0.4, -0.2) is 52.1 Å². The Morgan fingerprint density at radius 2 is 1.93 bits per heavy atom. The summed E-state index contributed by atoms with van der Waals surface area (Å²) < 4.78 is 24.3. The lowest BCUT2D eigenvalue weighted by Gasteiger charge is -2.31. The minimum absolute atomic E-state index is 0.0369. The first-order valence-electron chi connectivity index (χ1n) is 9.82. The molecule has 0 saturated carbocycles. The van der Waals surface area contributed by atoms with Crippen molar-refractivity contribution in [2.24, 2.45) is 0 Å². The Hall–Kier alpha value is -3.13. The first kappa shape index (κ1) is 18.9. The second-order valence-electron chi connectivity index (χ2n) is 7.96. The van der Waals surface area contributed by atoms with E-state index in [1.54, 1.807) is 17.0 Å². The molecule has 1 amide bonds. The van der Waals surface area contributed by atoms with Crippen LogP contribution in [0.4, 0.5) is 0 Å². The summed E-state index contributed by atoms with van der Waals surface area (Å²) in [7, 11) is -3.17. The van der Waals surface area contributed by atoms with Crippen LogP contribution in [0.15, 0.2) is 48.5 Å². The molecule has 2 unspecified atom stereocenters. The van der Waals surface area contributed by atoms with E-state index in [1.807, 2.05) is 43.3 Å². The smallest absolute Gasteiger partial charge is 0.273 e. The van der Waals surface area contributed by atoms with Crippen LogP contribution in [0.25, 0.3) is 11.3 Å². The Labute approximate surface area is 174 Å². The van der Waals surface area contributed by atoms with Gasteiger partial charge in [0, 0.05) is 17.2 Å². The lowest BCUT2D eigenvalue weighted by Crippen LogP contribution is -2.40. The molecule has 1 fully saturated rings. The number of hydrogen-bond donors (Lipinski definition) is 2. The SMILES string of the molecule is Cc1ccc(O)c(-c2n[nH]c3c2C(c2ccccc2)N(C2CCS(=O)(=O)C2)C3=O)c1. The quantitative estimate of drug-likeness (QED) is 0.674. The van der Waals surface area contributed by atoms with E-state index in [0.29, 0.717) is 28.9 Å². The Morgan fingerprint density at radius 1 is 1.17 bits per heavy atom. The third-order valence-electron chi connectivity index (χ3n) is 5.93. The summed E-state index contributed by atoms with van der Waals surface area (Å²) in [5, 5.41) is 17.7. The maximum Gasteiger partial charge on any atom is 0.273 e. The fraction of sp³-hybridized carbons (Fsp3) is 0.273. The molecule has 154 valence electrons. The number of aromatic hydroxyl groups is 1. The first-order valence-corrected chi connectivity index (χ1v) is 11.6. The fourth-order valence-corrected chi connectivity index (χ4v) is 6.26. The monoisotopic (exact) mass is 423 g/mol. The molecule has 0 aliphatic carbocycles. The number of aryl methyl sites for hydroxylation is 1. The highest BCUT2D eigenvalue weighted by Crippen LogP contribution is 2.46. The number of amides is 1. The van der Waals surface area contributed by atoms with Crippen molar-refractivity contribution in [3.05, 3.63) is 70.9 Å². The number of nitrogens with zero attached hydrogens (tertiary/aromatic N) is 2. The highest BCUT2D eigenvalue weighted by Gasteiger charge is 2.48. The van der Waals surface area contributed by atoms with Gasteiger partial charge in [0.2, 0.25) is 0 Å². The van der Waals surface area contributed by atoms with Gasteiger partial charge in [-0.2, -0.15) is 5.10 Å². The average molecular weight is 423 g/mol. The Bertz CT molecular complexity index is 1250. The fourth-order valence-electron chi connectivity index (χ4n) is 4.54. The van der Waals surface area contributed by atoms with Gasteiger partial charge in [-0.15, -0.1) is 0 Å². The minimum atomic E-state index is -3.17. The molecule has 1 saturated heterocycles. The zero-order chi connectivity index (χ0) is 21.0. The summed E-state index contributed by atoms with van der Waals surface area (Å²) in [6.45, 7) is 1.92. The van der Waals surface area contributed by atoms with Gasteiger partial charge in [-0.05, 0) is 31.0 Å². The summed E-state index contributed by atoms with van der Waals surface area (Å²) in [6.07, 6.45) is 0.417. The lowest BCUT2D eigenvalue weighted by molar-refractivity contribution is 0.0678. The van der Waals surface area contributed by atoms with Crippen molar-refractivity contribution in [1.82, 2.24) is 15.1 Å². The molecular weight excluding hydrogens is 402 g/mol. The van der Waals surface area contributed by atoms with E-state index in [1.165, 1.54) is 0 Å². The van der Waals surface area contributed by atoms with Crippen molar-refractivity contribution < 1.29 is 18.3 Å². The number of fused-ring (bicyclic) bond motifs is 1. The number of benzene rings is 2. The molecule has 0 spiro atoms. The molecule has 30 heavy (non-hydrogen) atoms. The molecule has 0 radical (unpaired) electrons. The largest absolute Gasteiger partial charge is 0.507 e. The molecule has 5 rings (SSSR count). The molecule has 2 aliphatic rings. The number of phenols is 1. The second kappa shape index (κ2) is 6.70. The summed E-state index contributed by atoms with van der Waals surface area (Å²) >= 11 is 0. The molecule has 7 nitrogen and oxygen atoms in total. The van der Waals surface area contributed by atoms with Crippen molar-refractivity contribution in [2.75, 3.05) is 11.5 Å². The van der Waals surface area contributed by atoms with E-state index < -0.39 is 21.9 Å². The molecule has 3 heterocycles. The second-order valence-corrected chi connectivity index (χ2v) is 10.2. The molecule has 2 N–H and O–H groups in total. The zero-order valence-corrected chi connectivity index (χ0v) is 17.2. The summed E-state index contributed by atoms with van der Waals surface area (Å²) in [5.74, 6) is -0.131. The van der Waals surface area contributed by atoms with Crippen molar-refractivity contribution in [3.8, 4) is 17.0 Å². The third kappa shape index (κ3) is 2.90. The molecule has 2 aromatic carbocycles. The van der Waals surface area contributed by atoms with Gasteiger partial charge in [-0.1, -0.05) is 42.0 Å². The van der Waals surface area contributed by atoms with E-state index in [2.05, 4.69) is 10.2 Å². The van der Waals surface area contributed by atoms with Crippen LogP contribution in [0.5, 0.6) is 5.75 Å². The number of H-pyrrole nitrogens is 1. The van der Waals surface area contributed by atoms with Crippen molar-refractivity contribution in [3.63, 3.8) is 0 Å². The number of hydrogen-bond acceptors (Lipinski definition) is 5. The Balaban J connectivity index is 1.70.